The lowest BCUT2D eigenvalue weighted by atomic mass is 9.77. The molecule has 14 unspecified atom stereocenters. The summed E-state index contributed by atoms with van der Waals surface area (Å²) < 4.78 is 17.2. The summed E-state index contributed by atoms with van der Waals surface area (Å²) in [6.45, 7) is 20.4. The Labute approximate surface area is 793 Å². The number of hydrogen-bond donors (Lipinski definition) is 13. The smallest absolute Gasteiger partial charge is 0.359 e. The van der Waals surface area contributed by atoms with Crippen LogP contribution in [0.5, 0.6) is 23.0 Å². The lowest BCUT2D eigenvalue weighted by Gasteiger charge is -2.48. The van der Waals surface area contributed by atoms with Crippen LogP contribution >= 0.6 is 0 Å². The minimum atomic E-state index is -1.55. The number of phenolic OH excluding ortho intramolecular Hbond substituents is 2. The number of carbonyl (C=O) groups excluding carboxylic acids is 12. The molecule has 37 nitrogen and oxygen atoms in total. The summed E-state index contributed by atoms with van der Waals surface area (Å²) in [5, 5.41) is 77.5. The third kappa shape index (κ3) is 27.0. The van der Waals surface area contributed by atoms with E-state index in [1.165, 1.54) is 40.1 Å². The van der Waals surface area contributed by atoms with Crippen LogP contribution in [-0.2, 0) is 88.6 Å². The molecule has 10 amide bonds. The van der Waals surface area contributed by atoms with E-state index in [1.807, 2.05) is 34.6 Å². The number of isothiocyanates is 1. The summed E-state index contributed by atoms with van der Waals surface area (Å²) in [6, 6.07) is 4.68. The minimum Gasteiger partial charge on any atom is -0.508 e. The van der Waals surface area contributed by atoms with Gasteiger partial charge in [0, 0.05) is 105 Å². The van der Waals surface area contributed by atoms with Crippen molar-refractivity contribution in [2.45, 2.75) is 277 Å². The number of likely N-dealkylation sites (tertiary alicyclic amines) is 2. The molecule has 135 heavy (non-hydrogen) atoms. The number of esters is 1. The zero-order chi connectivity index (χ0) is 98.2. The summed E-state index contributed by atoms with van der Waals surface area (Å²) in [5.74, 6) is -11.1. The van der Waals surface area contributed by atoms with Crippen molar-refractivity contribution in [3.63, 3.8) is 0 Å². The van der Waals surface area contributed by atoms with Crippen LogP contribution in [0.15, 0.2) is 64.0 Å². The molecule has 38 heteroatoms. The van der Waals surface area contributed by atoms with Gasteiger partial charge in [0.25, 0.3) is 5.91 Å². The van der Waals surface area contributed by atoms with Crippen molar-refractivity contribution in [2.75, 3.05) is 91.6 Å². The fraction of sp³-hybridized carbons (Fsp3) is 0.649. The van der Waals surface area contributed by atoms with Crippen molar-refractivity contribution in [3.05, 3.63) is 76.9 Å². The average molecular weight is 1900 g/mol. The van der Waals surface area contributed by atoms with E-state index in [1.54, 1.807) is 58.9 Å². The fourth-order valence-corrected chi connectivity index (χ4v) is 21.4. The Morgan fingerprint density at radius 2 is 1.04 bits per heavy atom. The second kappa shape index (κ2) is 48.5. The predicted molar refractivity (Wildman–Crippen MR) is 500 cm³/mol. The number of amides is 10. The quantitative estimate of drug-likeness (QED) is 0.00667. The van der Waals surface area contributed by atoms with Gasteiger partial charge in [-0.1, -0.05) is 120 Å². The van der Waals surface area contributed by atoms with Gasteiger partial charge in [0.2, 0.25) is 53.2 Å². The second-order valence-electron chi connectivity index (χ2n) is 39.4. The summed E-state index contributed by atoms with van der Waals surface area (Å²) >= 11 is 0.694. The monoisotopic (exact) mass is 1900 g/mol. The molecule has 740 valence electrons. The molecule has 14 atom stereocenters. The number of quaternary nitrogens is 3. The van der Waals surface area contributed by atoms with Crippen LogP contribution in [0.2, 0.25) is 0 Å². The Morgan fingerprint density at radius 3 is 1.58 bits per heavy atom. The molecule has 1 spiro atoms. The van der Waals surface area contributed by atoms with E-state index >= 15 is 9.59 Å². The van der Waals surface area contributed by atoms with E-state index < -0.39 is 155 Å². The van der Waals surface area contributed by atoms with Crippen molar-refractivity contribution < 1.29 is 120 Å². The maximum Gasteiger partial charge on any atom is 0.359 e. The highest BCUT2D eigenvalue weighted by Crippen LogP contribution is 2.58. The SMILES string of the molecule is CCC(C)C(NC(=O)C(CCCCNC(=O)CCNC(=O)C[N+]12CCC(CC(=O)O)CC[N+]3(CC(=O)O)CC[N+](CC(=O)O)(CC1)C32)N=S=C=Nc1ccc2c(c1)C(=O)OC21c2ccc(O)cc2Oc2cc(O)ccc21)C(=O)N1CCCC1C(=O)NC(CC(C)C)C(=O)NC(C(=O)NC(C(=O)N1CCCC1C(=O)NC(CC(C)C)C(=O)NCCCCCCCCCCC=O)C(C)C)C(C)C. The maximum absolute atomic E-state index is 15.3. The average Bonchev–Trinajstić information content (AvgIpc) is 1.32. The number of carboxylic acids is 3. The van der Waals surface area contributed by atoms with Gasteiger partial charge >= 0.3 is 30.2 Å². The first-order valence-electron chi connectivity index (χ1n) is 48.4. The lowest BCUT2D eigenvalue weighted by molar-refractivity contribution is -1.22. The highest BCUT2D eigenvalue weighted by molar-refractivity contribution is 7.66. The van der Waals surface area contributed by atoms with Gasteiger partial charge in [0.15, 0.2) is 25.2 Å². The Kier molecular flexibility index (Phi) is 38.0. The molecule has 0 bridgehead atoms. The molecular formula is C97H142N15O22S+3. The maximum atomic E-state index is 15.3. The van der Waals surface area contributed by atoms with Crippen LogP contribution in [0, 0.1) is 35.5 Å². The number of ether oxygens (including phenoxy) is 2. The standard InChI is InChI=1S/C97H139N15O22S/c1-11-63(10)86(94(131)109-41-24-27-76(109)91(128)103-74(50-60(4)5)89(126)104-84(61(6)7)92(129)105-85(62(8)9)93(130)108-40-23-26-75(108)90(127)102-73(49-59(2)3)87(124)100-38-20-17-15-13-12-14-16-18-22-48-113)106-88(125)72(107-135-58-101-65-28-31-69-68(52-65)95(132)134-97(69)70-32-29-66(114)53-77(70)133-78-54-67(115)30-33-71(78)97)25-19-21-37-98-79(116)34-39-99-80(117)55-110-42-35-64(51-81(118)119)36-43-111(56-82(120)121)45-47-112(46-44-110,96(110)111)57-83(122)123/h28-33,48,52-54,59-64,72-76,84-86,96H,11-27,34-47,49-51,55-57H2,1-10H3,(H10-3,98,99,100,102,103,104,105,106,114,115,116,117,118,119,120,121,122,123,124,125,126,127,128,129)/p+3. The van der Waals surface area contributed by atoms with Crippen LogP contribution in [0.3, 0.4) is 0 Å². The summed E-state index contributed by atoms with van der Waals surface area (Å²) in [5.41, 5.74) is 0.0693. The molecule has 0 saturated carbocycles. The molecule has 7 aliphatic rings. The first kappa shape index (κ1) is 106. The Balaban J connectivity index is 0.799. The lowest BCUT2D eigenvalue weighted by Crippen LogP contribution is -2.74. The molecule has 3 aromatic carbocycles. The predicted octanol–water partition coefficient (Wildman–Crippen LogP) is 7.13. The van der Waals surface area contributed by atoms with E-state index in [0.29, 0.717) is 131 Å². The number of fused-ring (bicyclic) bond motifs is 6. The number of unbranched alkanes of at least 4 members (excludes halogenated alkanes) is 9. The minimum absolute atomic E-state index is 0.0202. The number of aldehydes is 1. The number of rotatable bonds is 50. The third-order valence-electron chi connectivity index (χ3n) is 27.8. The summed E-state index contributed by atoms with van der Waals surface area (Å²) in [6.07, 6.45) is 12.4. The van der Waals surface area contributed by atoms with Gasteiger partial charge in [0.1, 0.15) is 104 Å². The molecule has 13 N–H and O–H groups in total. The number of aliphatic imine (C=N–C) groups is 1. The van der Waals surface area contributed by atoms with E-state index in [-0.39, 0.29) is 156 Å². The van der Waals surface area contributed by atoms with Crippen LogP contribution < -0.4 is 47.3 Å². The first-order valence-corrected chi connectivity index (χ1v) is 49.2. The van der Waals surface area contributed by atoms with Crippen molar-refractivity contribution >= 4 is 111 Å². The Morgan fingerprint density at radius 1 is 0.541 bits per heavy atom. The van der Waals surface area contributed by atoms with Crippen LogP contribution in [0.4, 0.5) is 5.69 Å². The second-order valence-corrected chi connectivity index (χ2v) is 40.0. The van der Waals surface area contributed by atoms with Gasteiger partial charge in [-0.2, -0.15) is 4.99 Å². The van der Waals surface area contributed by atoms with E-state index in [9.17, 15) is 87.9 Å². The number of carboxylic acid groups (broad SMARTS) is 3. The number of aromatic hydroxyl groups is 2. The van der Waals surface area contributed by atoms with Crippen molar-refractivity contribution in [3.8, 4) is 23.0 Å². The molecular weight excluding hydrogens is 1760 g/mol. The van der Waals surface area contributed by atoms with Crippen LogP contribution in [0.1, 0.15) is 244 Å². The normalized spacial score (nSPS) is 22.1. The zero-order valence-corrected chi connectivity index (χ0v) is 80.6. The molecule has 5 saturated heterocycles. The number of nitrogens with one attached hydrogen (secondary N) is 8. The molecule has 3 aromatic rings. The van der Waals surface area contributed by atoms with Crippen molar-refractivity contribution in [2.24, 2.45) is 44.9 Å². The molecule has 0 radical (unpaired) electrons. The number of phenols is 2. The van der Waals surface area contributed by atoms with Gasteiger partial charge < -0.3 is 92.1 Å². The number of carbonyl (C=O) groups is 15. The van der Waals surface area contributed by atoms with Crippen molar-refractivity contribution in [1.82, 2.24) is 52.3 Å². The number of benzene rings is 3. The van der Waals surface area contributed by atoms with Gasteiger partial charge in [-0.25, -0.2) is 32.2 Å². The van der Waals surface area contributed by atoms with Gasteiger partial charge in [-0.15, -0.1) is 0 Å². The van der Waals surface area contributed by atoms with E-state index in [4.69, 9.17) is 9.47 Å². The van der Waals surface area contributed by atoms with Crippen molar-refractivity contribution in [1.29, 1.82) is 0 Å². The topological polar surface area (TPSA) is 503 Å². The molecule has 0 aliphatic carbocycles. The van der Waals surface area contributed by atoms with E-state index in [2.05, 4.69) is 57.1 Å². The first-order chi connectivity index (χ1) is 64.3. The van der Waals surface area contributed by atoms with Crippen LogP contribution in [-0.4, -0.2) is 289 Å². The summed E-state index contributed by atoms with van der Waals surface area (Å²) in [4.78, 5) is 214. The molecule has 5 fully saturated rings. The number of aliphatic carboxylic acids is 3. The van der Waals surface area contributed by atoms with Crippen LogP contribution in [0.25, 0.3) is 0 Å². The molecule has 0 aromatic heterocycles. The van der Waals surface area contributed by atoms with Gasteiger partial charge in [-0.3, -0.25) is 52.7 Å². The highest BCUT2D eigenvalue weighted by atomic mass is 32.1. The largest absolute Gasteiger partial charge is 0.508 e. The van der Waals surface area contributed by atoms with Gasteiger partial charge in [-0.05, 0) is 143 Å². The zero-order valence-electron chi connectivity index (χ0n) is 79.8. The number of nitrogens with zero attached hydrogens (tertiary/aromatic N) is 7. The Bertz CT molecular complexity index is 4870. The third-order valence-corrected chi connectivity index (χ3v) is 28.3. The fourth-order valence-electron chi connectivity index (χ4n) is 20.8. The number of hydrogen-bond acceptors (Lipinski definition) is 21. The highest BCUT2D eigenvalue weighted by Gasteiger charge is 2.74. The molecule has 10 rings (SSSR count). The molecule has 7 heterocycles. The van der Waals surface area contributed by atoms with E-state index in [0.717, 1.165) is 57.7 Å². The molecule has 7 aliphatic heterocycles. The summed E-state index contributed by atoms with van der Waals surface area (Å²) in [7, 11) is 0. The van der Waals surface area contributed by atoms with Gasteiger partial charge in [0.05, 0.1) is 29.5 Å². The Hall–Kier alpha value is -11.2.